The monoisotopic (exact) mass is 158 g/mol. The van der Waals surface area contributed by atoms with Gasteiger partial charge in [-0.05, 0) is 12.5 Å². The summed E-state index contributed by atoms with van der Waals surface area (Å²) in [6, 6.07) is 0. The molecular formula is C7H10O4. The maximum absolute atomic E-state index is 8.39. The molecule has 0 heterocycles. The van der Waals surface area contributed by atoms with Crippen LogP contribution in [0.3, 0.4) is 0 Å². The van der Waals surface area contributed by atoms with Crippen LogP contribution in [0, 0.1) is 0 Å². The standard InChI is InChI=1S/C7H10O4/c8-7(9,10)11-6-4-2-1-3-5-6/h1-2,4,8-10H,3,5H2. The Hall–Kier alpha value is -0.840. The summed E-state index contributed by atoms with van der Waals surface area (Å²) in [6.07, 6.45) is 3.52. The first kappa shape index (κ1) is 8.26. The molecule has 0 saturated carbocycles. The van der Waals surface area contributed by atoms with E-state index in [-0.39, 0.29) is 0 Å². The Morgan fingerprint density at radius 2 is 2.09 bits per heavy atom. The zero-order valence-corrected chi connectivity index (χ0v) is 5.90. The molecule has 1 rings (SSSR count). The van der Waals surface area contributed by atoms with Crippen LogP contribution in [0.25, 0.3) is 0 Å². The topological polar surface area (TPSA) is 69.9 Å². The average molecular weight is 158 g/mol. The maximum Gasteiger partial charge on any atom is 0.452 e. The zero-order valence-electron chi connectivity index (χ0n) is 5.90. The fraction of sp³-hybridized carbons (Fsp3) is 0.429. The molecule has 0 aliphatic heterocycles. The van der Waals surface area contributed by atoms with Crippen LogP contribution < -0.4 is 0 Å². The van der Waals surface area contributed by atoms with Gasteiger partial charge in [-0.3, -0.25) is 0 Å². The van der Waals surface area contributed by atoms with Crippen molar-refractivity contribution in [3.63, 3.8) is 0 Å². The van der Waals surface area contributed by atoms with Gasteiger partial charge in [0.2, 0.25) is 0 Å². The van der Waals surface area contributed by atoms with Gasteiger partial charge in [0.15, 0.2) is 0 Å². The highest BCUT2D eigenvalue weighted by Gasteiger charge is 2.21. The Morgan fingerprint density at radius 3 is 2.55 bits per heavy atom. The van der Waals surface area contributed by atoms with E-state index in [1.54, 1.807) is 12.2 Å². The summed E-state index contributed by atoms with van der Waals surface area (Å²) < 4.78 is 4.36. The van der Waals surface area contributed by atoms with Crippen LogP contribution in [0.4, 0.5) is 0 Å². The molecule has 0 unspecified atom stereocenters. The van der Waals surface area contributed by atoms with Crippen LogP contribution in [0.2, 0.25) is 0 Å². The van der Waals surface area contributed by atoms with Gasteiger partial charge in [0.05, 0.1) is 0 Å². The number of hydrogen-bond donors (Lipinski definition) is 3. The fourth-order valence-electron chi connectivity index (χ4n) is 0.841. The first-order chi connectivity index (χ1) is 5.08. The smallest absolute Gasteiger partial charge is 0.421 e. The van der Waals surface area contributed by atoms with Gasteiger partial charge in [0, 0.05) is 6.42 Å². The van der Waals surface area contributed by atoms with E-state index in [0.717, 1.165) is 6.42 Å². The maximum atomic E-state index is 8.39. The Bertz CT molecular complexity index is 187. The highest BCUT2D eigenvalue weighted by Crippen LogP contribution is 2.16. The fourth-order valence-corrected chi connectivity index (χ4v) is 0.841. The third-order valence-electron chi connectivity index (χ3n) is 1.24. The molecule has 0 radical (unpaired) electrons. The largest absolute Gasteiger partial charge is 0.452 e. The van der Waals surface area contributed by atoms with Gasteiger partial charge >= 0.3 is 6.16 Å². The molecule has 1 aliphatic carbocycles. The highest BCUT2D eigenvalue weighted by molar-refractivity contribution is 5.12. The molecule has 0 amide bonds. The van der Waals surface area contributed by atoms with Crippen LogP contribution in [-0.2, 0) is 4.74 Å². The van der Waals surface area contributed by atoms with Crippen molar-refractivity contribution in [1.29, 1.82) is 0 Å². The van der Waals surface area contributed by atoms with Crippen molar-refractivity contribution in [3.8, 4) is 0 Å². The summed E-state index contributed by atoms with van der Waals surface area (Å²) in [5.41, 5.74) is 0. The van der Waals surface area contributed by atoms with Gasteiger partial charge in [0.25, 0.3) is 0 Å². The van der Waals surface area contributed by atoms with Crippen LogP contribution in [0.1, 0.15) is 12.8 Å². The number of rotatable bonds is 2. The SMILES string of the molecule is OC(O)(O)OC1=CC=CCC1. The third kappa shape index (κ3) is 3.18. The summed E-state index contributed by atoms with van der Waals surface area (Å²) in [5, 5.41) is 25.2. The van der Waals surface area contributed by atoms with E-state index in [0.29, 0.717) is 12.2 Å². The van der Waals surface area contributed by atoms with Crippen LogP contribution in [0.15, 0.2) is 24.0 Å². The first-order valence-corrected chi connectivity index (χ1v) is 3.30. The van der Waals surface area contributed by atoms with E-state index in [9.17, 15) is 0 Å². The molecule has 0 aromatic rings. The second kappa shape index (κ2) is 3.04. The lowest BCUT2D eigenvalue weighted by atomic mass is 10.2. The lowest BCUT2D eigenvalue weighted by molar-refractivity contribution is -0.442. The van der Waals surface area contributed by atoms with Crippen LogP contribution in [-0.4, -0.2) is 21.5 Å². The van der Waals surface area contributed by atoms with Gasteiger partial charge in [-0.15, -0.1) is 0 Å². The van der Waals surface area contributed by atoms with Crippen LogP contribution >= 0.6 is 0 Å². The molecule has 0 atom stereocenters. The number of ether oxygens (including phenoxy) is 1. The molecule has 0 saturated heterocycles. The summed E-state index contributed by atoms with van der Waals surface area (Å²) in [7, 11) is 0. The normalized spacial score (nSPS) is 17.9. The van der Waals surface area contributed by atoms with E-state index in [4.69, 9.17) is 15.3 Å². The van der Waals surface area contributed by atoms with Crippen LogP contribution in [0.5, 0.6) is 0 Å². The minimum Gasteiger partial charge on any atom is -0.421 e. The van der Waals surface area contributed by atoms with E-state index in [1.807, 2.05) is 6.08 Å². The Balaban J connectivity index is 2.49. The van der Waals surface area contributed by atoms with Gasteiger partial charge in [0.1, 0.15) is 5.76 Å². The second-order valence-electron chi connectivity index (χ2n) is 2.28. The summed E-state index contributed by atoms with van der Waals surface area (Å²) >= 11 is 0. The summed E-state index contributed by atoms with van der Waals surface area (Å²) in [5.74, 6) is 0.361. The van der Waals surface area contributed by atoms with Crippen molar-refractivity contribution < 1.29 is 20.1 Å². The molecule has 4 nitrogen and oxygen atoms in total. The van der Waals surface area contributed by atoms with Crippen molar-refractivity contribution in [2.24, 2.45) is 0 Å². The molecule has 0 spiro atoms. The zero-order chi connectivity index (χ0) is 8.32. The molecule has 3 N–H and O–H groups in total. The minimum absolute atomic E-state index is 0.361. The number of allylic oxidation sites excluding steroid dienone is 4. The highest BCUT2D eigenvalue weighted by atomic mass is 16.9. The Kier molecular flexibility index (Phi) is 2.28. The molecule has 4 heteroatoms. The average Bonchev–Trinajstić information content (AvgIpc) is 1.85. The minimum atomic E-state index is -3.04. The molecule has 11 heavy (non-hydrogen) atoms. The van der Waals surface area contributed by atoms with Crippen molar-refractivity contribution in [3.05, 3.63) is 24.0 Å². The van der Waals surface area contributed by atoms with Crippen molar-refractivity contribution in [2.45, 2.75) is 19.0 Å². The van der Waals surface area contributed by atoms with E-state index in [2.05, 4.69) is 4.74 Å². The third-order valence-corrected chi connectivity index (χ3v) is 1.24. The van der Waals surface area contributed by atoms with Gasteiger partial charge in [-0.2, -0.15) is 0 Å². The Morgan fingerprint density at radius 1 is 1.36 bits per heavy atom. The molecule has 0 aromatic heterocycles. The predicted octanol–water partition coefficient (Wildman–Crippen LogP) is -0.175. The lowest BCUT2D eigenvalue weighted by Gasteiger charge is -2.18. The molecule has 1 aliphatic rings. The van der Waals surface area contributed by atoms with Gasteiger partial charge < -0.3 is 20.1 Å². The number of hydrogen-bond acceptors (Lipinski definition) is 4. The van der Waals surface area contributed by atoms with E-state index in [1.165, 1.54) is 0 Å². The second-order valence-corrected chi connectivity index (χ2v) is 2.28. The van der Waals surface area contributed by atoms with Gasteiger partial charge in [-0.25, -0.2) is 0 Å². The van der Waals surface area contributed by atoms with Gasteiger partial charge in [-0.1, -0.05) is 12.2 Å². The Labute approximate surface area is 64.0 Å². The predicted molar refractivity (Wildman–Crippen MR) is 36.9 cm³/mol. The van der Waals surface area contributed by atoms with Crippen molar-refractivity contribution in [1.82, 2.24) is 0 Å². The quantitative estimate of drug-likeness (QED) is 0.488. The molecule has 0 aromatic carbocycles. The molecular weight excluding hydrogens is 148 g/mol. The number of aliphatic hydroxyl groups is 3. The van der Waals surface area contributed by atoms with E-state index >= 15 is 0 Å². The van der Waals surface area contributed by atoms with Crippen molar-refractivity contribution in [2.75, 3.05) is 0 Å². The molecule has 62 valence electrons. The van der Waals surface area contributed by atoms with Crippen molar-refractivity contribution >= 4 is 0 Å². The first-order valence-electron chi connectivity index (χ1n) is 3.30. The molecule has 0 bridgehead atoms. The lowest BCUT2D eigenvalue weighted by Crippen LogP contribution is -2.30. The summed E-state index contributed by atoms with van der Waals surface area (Å²) in [4.78, 5) is 0. The van der Waals surface area contributed by atoms with E-state index < -0.39 is 6.16 Å². The molecule has 0 fully saturated rings. The summed E-state index contributed by atoms with van der Waals surface area (Å²) in [6.45, 7) is 0.